The van der Waals surface area contributed by atoms with Crippen LogP contribution in [0.3, 0.4) is 0 Å². The number of carbonyl (C=O) groups excluding carboxylic acids is 3. The van der Waals surface area contributed by atoms with Crippen LogP contribution in [0.2, 0.25) is 5.02 Å². The SMILES string of the molecule is CC(C)c1cc(C(C)C)c(-c2ccccc2P(C2CCCCC2)C2CCCCC2)c(C(C)C)c1.CC(C)c1ccc(-c2ccccn2)cn1.CC(C)c1ccc(Cl)cn1.O=C([CH-]Cc1ccccc1)[CH-]Cc1ccccc1.O=C([CH-]Cc1ccccc1)[CH-]Cc1ccccc1.O=C([CH-]Cc1ccccc1)[CH-]Cc1ccccc1.[Pd].[Pd].[Zn+][Br].[c-]1ccccn1. The number of halogens is 2. The van der Waals surface area contributed by atoms with Crippen molar-refractivity contribution in [2.75, 3.05) is 0 Å². The molecule has 0 bridgehead atoms. The van der Waals surface area contributed by atoms with Crippen molar-refractivity contribution in [3.8, 4) is 22.4 Å². The number of hydrogen-bond donors (Lipinski definition) is 0. The van der Waals surface area contributed by atoms with E-state index in [0.29, 0.717) is 73.1 Å². The molecule has 14 rings (SSSR count). The fraction of sp³-hybridized carbons (Fsp3) is 0.300. The molecule has 0 unspecified atom stereocenters. The van der Waals surface area contributed by atoms with Crippen molar-refractivity contribution in [2.45, 2.75) is 213 Å². The third-order valence-corrected chi connectivity index (χ3v) is 24.8. The van der Waals surface area contributed by atoms with Crippen LogP contribution < -0.4 is 5.30 Å². The molecule has 2 saturated carbocycles. The molecule has 0 saturated heterocycles. The van der Waals surface area contributed by atoms with Crippen LogP contribution in [0.5, 0.6) is 0 Å². The Morgan fingerprint density at radius 1 is 0.390 bits per heavy atom. The molecule has 2 aliphatic carbocycles. The predicted octanol–water partition coefficient (Wildman–Crippen LogP) is 28.7. The summed E-state index contributed by atoms with van der Waals surface area (Å²) < 4.78 is 0. The van der Waals surface area contributed by atoms with E-state index < -0.39 is 0 Å². The summed E-state index contributed by atoms with van der Waals surface area (Å²) in [6.45, 7) is 22.8. The number of carbonyl (C=O) groups is 3. The van der Waals surface area contributed by atoms with Crippen molar-refractivity contribution in [3.63, 3.8) is 0 Å². The Morgan fingerprint density at radius 3 is 1.01 bits per heavy atom. The van der Waals surface area contributed by atoms with Gasteiger partial charge in [-0.1, -0.05) is 398 Å². The molecule has 2 aliphatic rings. The van der Waals surface area contributed by atoms with E-state index in [-0.39, 0.29) is 66.1 Å². The summed E-state index contributed by atoms with van der Waals surface area (Å²) in [7, 11) is -0.120. The van der Waals surface area contributed by atoms with E-state index >= 15 is 0 Å². The molecule has 12 aromatic rings. The molecule has 0 radical (unpaired) electrons. The minimum atomic E-state index is -0.120. The van der Waals surface area contributed by atoms with Gasteiger partial charge in [-0.2, -0.15) is 18.2 Å². The first-order chi connectivity index (χ1) is 58.9. The largest absolute Gasteiger partial charge is 0.394 e. The minimum absolute atomic E-state index is 0. The Labute approximate surface area is 790 Å². The molecule has 0 aliphatic heterocycles. The zero-order valence-electron chi connectivity index (χ0n) is 73.7. The van der Waals surface area contributed by atoms with Gasteiger partial charge in [0.05, 0.1) is 10.7 Å². The normalized spacial score (nSPS) is 12.0. The van der Waals surface area contributed by atoms with Gasteiger partial charge in [-0.25, -0.2) is 0 Å². The molecule has 13 heteroatoms. The molecule has 4 heterocycles. The molecule has 0 atom stereocenters. The Morgan fingerprint density at radius 2 is 0.732 bits per heavy atom. The number of pyridine rings is 4. The number of aromatic nitrogens is 4. The fourth-order valence-corrected chi connectivity index (χ4v) is 18.3. The summed E-state index contributed by atoms with van der Waals surface area (Å²) in [5.74, 6) is 2.90. The van der Waals surface area contributed by atoms with Crippen molar-refractivity contribution < 1.29 is 71.6 Å². The van der Waals surface area contributed by atoms with Crippen LogP contribution in [0.15, 0.2) is 304 Å². The molecule has 650 valence electrons. The molecule has 2 fully saturated rings. The summed E-state index contributed by atoms with van der Waals surface area (Å²) in [5.41, 5.74) is 21.0. The molecular formula is C110H125BrClN4O3PPd2Zn-6. The zero-order valence-corrected chi connectivity index (χ0v) is 83.1. The van der Waals surface area contributed by atoms with Gasteiger partial charge in [0.1, 0.15) is 0 Å². The van der Waals surface area contributed by atoms with Gasteiger partial charge in [-0.3, -0.25) is 15.0 Å². The number of Topliss-reactive ketones (excluding diaryl/α,β-unsaturated/α-hetero) is 3. The average molecular weight is 1980 g/mol. The van der Waals surface area contributed by atoms with E-state index in [2.05, 4.69) is 158 Å². The predicted molar refractivity (Wildman–Crippen MR) is 513 cm³/mol. The quantitative estimate of drug-likeness (QED) is 0.0273. The van der Waals surface area contributed by atoms with Crippen LogP contribution in [0.25, 0.3) is 22.4 Å². The van der Waals surface area contributed by atoms with Crippen molar-refractivity contribution >= 4 is 55.8 Å². The monoisotopic (exact) mass is 1970 g/mol. The first kappa shape index (κ1) is 105. The third-order valence-electron chi connectivity index (χ3n) is 21.0. The second kappa shape index (κ2) is 62.0. The minimum Gasteiger partial charge on any atom is -0.394 e. The van der Waals surface area contributed by atoms with Gasteiger partial charge >= 0.3 is 30.0 Å². The van der Waals surface area contributed by atoms with Gasteiger partial charge < -0.3 is 57.9 Å². The summed E-state index contributed by atoms with van der Waals surface area (Å²) >= 11 is 9.90. The summed E-state index contributed by atoms with van der Waals surface area (Å²) in [5, 5.41) is 2.45. The third kappa shape index (κ3) is 40.7. The number of nitrogens with zero attached hydrogens (tertiary/aromatic N) is 4. The first-order valence-electron chi connectivity index (χ1n) is 43.3. The second-order valence-electron chi connectivity index (χ2n) is 32.0. The van der Waals surface area contributed by atoms with Crippen LogP contribution in [-0.2, 0) is 110 Å². The van der Waals surface area contributed by atoms with E-state index in [0.717, 1.165) is 34.0 Å². The van der Waals surface area contributed by atoms with Crippen LogP contribution in [0.4, 0.5) is 0 Å². The first-order valence-corrected chi connectivity index (χ1v) is 52.1. The molecular weight excluding hydrogens is 1850 g/mol. The number of ketones is 3. The van der Waals surface area contributed by atoms with Crippen LogP contribution in [-0.4, -0.2) is 48.6 Å². The zero-order chi connectivity index (χ0) is 86.6. The van der Waals surface area contributed by atoms with E-state index in [1.54, 1.807) is 90.7 Å². The van der Waals surface area contributed by atoms with E-state index in [1.165, 1.54) is 119 Å². The maximum absolute atomic E-state index is 11.7. The topological polar surface area (TPSA) is 103 Å². The number of benzene rings is 8. The van der Waals surface area contributed by atoms with Crippen molar-refractivity contribution in [1.29, 1.82) is 0 Å². The van der Waals surface area contributed by atoms with Crippen LogP contribution in [0, 0.1) is 44.7 Å². The summed E-state index contributed by atoms with van der Waals surface area (Å²) in [6.07, 6.45) is 38.9. The molecule has 0 amide bonds. The molecule has 0 spiro atoms. The number of hydrogen-bond acceptors (Lipinski definition) is 7. The van der Waals surface area contributed by atoms with Crippen molar-refractivity contribution in [1.82, 2.24) is 19.9 Å². The Hall–Kier alpha value is -8.26. The molecule has 8 aromatic carbocycles. The standard InChI is InChI=1S/C33H49P.3C17H16O.C13H14N2.C8H10ClN.C5H4N.BrH.2Pd.Zn/c1-23(2)26-21-30(24(3)4)33(31(22-26)25(5)6)29-19-13-14-20-32(29)34(27-15-9-7-10-16-27)28-17-11-8-12-18-28;3*18-17(13-11-15-7-3-1-4-8-15)14-12-16-9-5-2-6-10-16;1-10(2)12-7-6-11(9-15-12)13-5-3-4-8-14-13;1-6(2)8-4-3-7(9)5-10-8;1-2-4-6-5-3-1;;;;/h13-14,19-25,27-28H,7-12,15-18H2,1-6H3;3*1-10,13-14H,11-12H2;3-10H,1-2H3;3-6H,1-2H3;1-4H;1H;;;/q;3*-2;;;-1;;;;+2/p-1. The maximum atomic E-state index is 11.7. The molecule has 0 N–H and O–H groups in total. The van der Waals surface area contributed by atoms with E-state index in [9.17, 15) is 14.4 Å². The molecule has 123 heavy (non-hydrogen) atoms. The van der Waals surface area contributed by atoms with Gasteiger partial charge in [-0.05, 0) is 136 Å². The summed E-state index contributed by atoms with van der Waals surface area (Å²) in [4.78, 5) is 51.5. The smallest absolute Gasteiger partial charge is 0.0813 e. The Balaban J connectivity index is 0.000000266. The van der Waals surface area contributed by atoms with Gasteiger partial charge in [0.25, 0.3) is 0 Å². The van der Waals surface area contributed by atoms with Crippen molar-refractivity contribution in [2.24, 2.45) is 0 Å². The van der Waals surface area contributed by atoms with E-state index in [4.69, 9.17) is 11.6 Å². The summed E-state index contributed by atoms with van der Waals surface area (Å²) in [6, 6.07) is 94.3. The van der Waals surface area contributed by atoms with Gasteiger partial charge in [0.15, 0.2) is 0 Å². The number of rotatable bonds is 28. The molecule has 4 aromatic heterocycles. The Bertz CT molecular complexity index is 4310. The second-order valence-corrected chi connectivity index (χ2v) is 35.2. The average Bonchev–Trinajstić information content (AvgIpc) is 0.758. The van der Waals surface area contributed by atoms with Crippen LogP contribution >= 0.6 is 33.1 Å². The Kier molecular flexibility index (Phi) is 53.0. The van der Waals surface area contributed by atoms with Gasteiger partial charge in [0, 0.05) is 76.4 Å². The fourth-order valence-electron chi connectivity index (χ4n) is 14.3. The maximum Gasteiger partial charge on any atom is -0.0813 e. The van der Waals surface area contributed by atoms with Crippen LogP contribution in [0.1, 0.15) is 224 Å². The van der Waals surface area contributed by atoms with Crippen molar-refractivity contribution in [3.05, 3.63) is 415 Å². The van der Waals surface area contributed by atoms with Gasteiger partial charge in [0.2, 0.25) is 0 Å². The molecule has 7 nitrogen and oxygen atoms in total. The van der Waals surface area contributed by atoms with Gasteiger partial charge in [-0.15, -0.1) is 55.9 Å². The van der Waals surface area contributed by atoms with E-state index in [1.807, 2.05) is 231 Å².